The Hall–Kier alpha value is -0.910. The van der Waals surface area contributed by atoms with Gasteiger partial charge in [-0.1, -0.05) is 44.2 Å². The first-order chi connectivity index (χ1) is 9.50. The molecule has 2 atom stereocenters. The molecule has 0 saturated carbocycles. The van der Waals surface area contributed by atoms with Crippen molar-refractivity contribution in [2.45, 2.75) is 45.3 Å². The molecule has 20 heavy (non-hydrogen) atoms. The van der Waals surface area contributed by atoms with Crippen molar-refractivity contribution in [1.82, 2.24) is 8.61 Å². The van der Waals surface area contributed by atoms with Crippen LogP contribution in [0.5, 0.6) is 0 Å². The van der Waals surface area contributed by atoms with Gasteiger partial charge in [0, 0.05) is 25.2 Å². The topological polar surface area (TPSA) is 40.6 Å². The summed E-state index contributed by atoms with van der Waals surface area (Å²) in [5, 5.41) is 0. The van der Waals surface area contributed by atoms with Crippen molar-refractivity contribution in [2.24, 2.45) is 5.92 Å². The van der Waals surface area contributed by atoms with Crippen LogP contribution in [0.1, 0.15) is 32.3 Å². The summed E-state index contributed by atoms with van der Waals surface area (Å²) in [7, 11) is -3.29. The van der Waals surface area contributed by atoms with Gasteiger partial charge in [-0.25, -0.2) is 0 Å². The molecule has 3 rings (SSSR count). The zero-order valence-electron chi connectivity index (χ0n) is 12.1. The molecular weight excluding hydrogens is 272 g/mol. The van der Waals surface area contributed by atoms with Gasteiger partial charge in [-0.15, -0.1) is 0 Å². The Morgan fingerprint density at radius 2 is 1.90 bits per heavy atom. The molecule has 2 fully saturated rings. The van der Waals surface area contributed by atoms with E-state index in [-0.39, 0.29) is 12.1 Å². The van der Waals surface area contributed by atoms with E-state index in [4.69, 9.17) is 0 Å². The van der Waals surface area contributed by atoms with Crippen LogP contribution >= 0.6 is 0 Å². The van der Waals surface area contributed by atoms with Gasteiger partial charge >= 0.3 is 0 Å². The van der Waals surface area contributed by atoms with Gasteiger partial charge in [0.05, 0.1) is 0 Å². The number of fused-ring (bicyclic) bond motifs is 1. The van der Waals surface area contributed by atoms with Crippen LogP contribution < -0.4 is 0 Å². The third-order valence-electron chi connectivity index (χ3n) is 4.46. The van der Waals surface area contributed by atoms with E-state index in [0.717, 1.165) is 18.4 Å². The van der Waals surface area contributed by atoms with Crippen LogP contribution in [0.4, 0.5) is 0 Å². The Morgan fingerprint density at radius 3 is 2.55 bits per heavy atom. The molecule has 2 aliphatic rings. The van der Waals surface area contributed by atoms with E-state index >= 15 is 0 Å². The van der Waals surface area contributed by atoms with E-state index in [2.05, 4.69) is 13.8 Å². The fourth-order valence-corrected chi connectivity index (χ4v) is 5.62. The highest BCUT2D eigenvalue weighted by atomic mass is 32.2. The molecule has 0 bridgehead atoms. The summed E-state index contributed by atoms with van der Waals surface area (Å²) in [5.74, 6) is 0.381. The average molecular weight is 294 g/mol. The predicted molar refractivity (Wildman–Crippen MR) is 79.3 cm³/mol. The standard InChI is InChI=1S/C15H22N2O2S/c1-12(2)15-9-8-14-11-16(20(18,19)17(14)15)10-13-6-4-3-5-7-13/h3-7,12,14-15H,8-11H2,1-2H3/t14?,15-/m1/s1. The molecule has 0 spiro atoms. The summed E-state index contributed by atoms with van der Waals surface area (Å²) >= 11 is 0. The van der Waals surface area contributed by atoms with Crippen LogP contribution in [-0.4, -0.2) is 35.7 Å². The Kier molecular flexibility index (Phi) is 3.60. The smallest absolute Gasteiger partial charge is 0.195 e. The Labute approximate surface area is 121 Å². The molecule has 2 aliphatic heterocycles. The molecule has 0 aliphatic carbocycles. The van der Waals surface area contributed by atoms with Gasteiger partial charge in [-0.2, -0.15) is 17.0 Å². The van der Waals surface area contributed by atoms with Crippen molar-refractivity contribution in [3.8, 4) is 0 Å². The van der Waals surface area contributed by atoms with Crippen LogP contribution in [0, 0.1) is 5.92 Å². The van der Waals surface area contributed by atoms with Crippen molar-refractivity contribution in [2.75, 3.05) is 6.54 Å². The van der Waals surface area contributed by atoms with E-state index in [9.17, 15) is 8.42 Å². The molecule has 2 heterocycles. The summed E-state index contributed by atoms with van der Waals surface area (Å²) in [6.45, 7) is 5.35. The summed E-state index contributed by atoms with van der Waals surface area (Å²) in [4.78, 5) is 0. The van der Waals surface area contributed by atoms with E-state index in [1.54, 1.807) is 8.61 Å². The fourth-order valence-electron chi connectivity index (χ4n) is 3.44. The van der Waals surface area contributed by atoms with Gasteiger partial charge < -0.3 is 0 Å². The van der Waals surface area contributed by atoms with E-state index in [1.807, 2.05) is 30.3 Å². The molecule has 4 nitrogen and oxygen atoms in total. The van der Waals surface area contributed by atoms with Crippen molar-refractivity contribution in [1.29, 1.82) is 0 Å². The highest BCUT2D eigenvalue weighted by Crippen LogP contribution is 2.38. The number of nitrogens with zero attached hydrogens (tertiary/aromatic N) is 2. The summed E-state index contributed by atoms with van der Waals surface area (Å²) in [5.41, 5.74) is 1.05. The van der Waals surface area contributed by atoms with Gasteiger partial charge in [0.2, 0.25) is 0 Å². The first kappa shape index (κ1) is 14.0. The zero-order valence-corrected chi connectivity index (χ0v) is 12.9. The lowest BCUT2D eigenvalue weighted by Crippen LogP contribution is -2.41. The lowest BCUT2D eigenvalue weighted by atomic mass is 10.0. The zero-order chi connectivity index (χ0) is 14.3. The molecule has 0 amide bonds. The van der Waals surface area contributed by atoms with Gasteiger partial charge in [-0.05, 0) is 24.3 Å². The molecule has 110 valence electrons. The molecule has 0 aromatic heterocycles. The Morgan fingerprint density at radius 1 is 1.20 bits per heavy atom. The number of hydrogen-bond acceptors (Lipinski definition) is 2. The second-order valence-corrected chi connectivity index (χ2v) is 7.99. The average Bonchev–Trinajstić information content (AvgIpc) is 2.92. The Balaban J connectivity index is 1.83. The molecule has 1 aromatic rings. The molecular formula is C15H22N2O2S. The monoisotopic (exact) mass is 294 g/mol. The highest BCUT2D eigenvalue weighted by Gasteiger charge is 2.51. The minimum Gasteiger partial charge on any atom is -0.195 e. The van der Waals surface area contributed by atoms with Crippen molar-refractivity contribution in [3.63, 3.8) is 0 Å². The number of hydrogen-bond donors (Lipinski definition) is 0. The maximum absolute atomic E-state index is 12.7. The highest BCUT2D eigenvalue weighted by molar-refractivity contribution is 7.87. The minimum absolute atomic E-state index is 0.172. The predicted octanol–water partition coefficient (Wildman–Crippen LogP) is 2.24. The first-order valence-electron chi connectivity index (χ1n) is 7.32. The summed E-state index contributed by atoms with van der Waals surface area (Å²) in [6, 6.07) is 10.2. The van der Waals surface area contributed by atoms with Crippen LogP contribution in [0.2, 0.25) is 0 Å². The van der Waals surface area contributed by atoms with Crippen LogP contribution in [0.15, 0.2) is 30.3 Å². The van der Waals surface area contributed by atoms with Crippen molar-refractivity contribution >= 4 is 10.2 Å². The van der Waals surface area contributed by atoms with Gasteiger partial charge in [0.15, 0.2) is 0 Å². The minimum atomic E-state index is -3.29. The third-order valence-corrected chi connectivity index (χ3v) is 6.49. The van der Waals surface area contributed by atoms with Crippen molar-refractivity contribution in [3.05, 3.63) is 35.9 Å². The van der Waals surface area contributed by atoms with Gasteiger partial charge in [0.1, 0.15) is 0 Å². The quantitative estimate of drug-likeness (QED) is 0.858. The summed E-state index contributed by atoms with van der Waals surface area (Å²) < 4.78 is 28.9. The second kappa shape index (κ2) is 5.13. The van der Waals surface area contributed by atoms with Crippen LogP contribution in [0.25, 0.3) is 0 Å². The molecule has 1 unspecified atom stereocenters. The van der Waals surface area contributed by atoms with E-state index in [1.165, 1.54) is 0 Å². The molecule has 0 N–H and O–H groups in total. The third kappa shape index (κ3) is 2.28. The Bertz CT molecular complexity index is 571. The fraction of sp³-hybridized carbons (Fsp3) is 0.600. The lowest BCUT2D eigenvalue weighted by molar-refractivity contribution is 0.291. The van der Waals surface area contributed by atoms with Crippen LogP contribution in [-0.2, 0) is 16.8 Å². The van der Waals surface area contributed by atoms with Crippen molar-refractivity contribution < 1.29 is 8.42 Å². The van der Waals surface area contributed by atoms with E-state index in [0.29, 0.717) is 19.0 Å². The molecule has 2 saturated heterocycles. The summed E-state index contributed by atoms with van der Waals surface area (Å²) in [6.07, 6.45) is 1.99. The lowest BCUT2D eigenvalue weighted by Gasteiger charge is -2.26. The molecule has 0 radical (unpaired) electrons. The number of benzene rings is 1. The SMILES string of the molecule is CC(C)[C@H]1CCC2CN(Cc3ccccc3)S(=O)(=O)N21. The maximum Gasteiger partial charge on any atom is 0.282 e. The van der Waals surface area contributed by atoms with Gasteiger partial charge in [0.25, 0.3) is 10.2 Å². The van der Waals surface area contributed by atoms with Gasteiger partial charge in [-0.3, -0.25) is 0 Å². The largest absolute Gasteiger partial charge is 0.282 e. The number of rotatable bonds is 3. The normalized spacial score (nSPS) is 29.9. The van der Waals surface area contributed by atoms with Crippen LogP contribution in [0.3, 0.4) is 0 Å². The van der Waals surface area contributed by atoms with E-state index < -0.39 is 10.2 Å². The maximum atomic E-state index is 12.7. The second-order valence-electron chi connectivity index (χ2n) is 6.16. The molecule has 1 aromatic carbocycles. The molecule has 5 heteroatoms. The first-order valence-corrected chi connectivity index (χ1v) is 8.72.